The summed E-state index contributed by atoms with van der Waals surface area (Å²) >= 11 is 0. The minimum atomic E-state index is 0.762. The fourth-order valence-corrected chi connectivity index (χ4v) is 1.32. The third kappa shape index (κ3) is 3.00. The second-order valence-corrected chi connectivity index (χ2v) is 3.45. The third-order valence-corrected chi connectivity index (χ3v) is 2.17. The molecule has 2 aromatic carbocycles. The van der Waals surface area contributed by atoms with Crippen LogP contribution < -0.4 is 16.6 Å². The van der Waals surface area contributed by atoms with E-state index in [-0.39, 0.29) is 0 Å². The Hall–Kier alpha value is -2.00. The average molecular weight is 212 g/mol. The molecule has 3 nitrogen and oxygen atoms in total. The number of nitrogens with two attached hydrogens (primary N) is 1. The van der Waals surface area contributed by atoms with Crippen LogP contribution in [-0.4, -0.2) is 0 Å². The van der Waals surface area contributed by atoms with E-state index in [0.29, 0.717) is 0 Å². The van der Waals surface area contributed by atoms with Gasteiger partial charge in [0.1, 0.15) is 0 Å². The van der Waals surface area contributed by atoms with Crippen molar-refractivity contribution in [2.24, 2.45) is 0 Å². The number of nitrogen functional groups attached to an aromatic ring is 1. The standard InChI is InChI=1S/C13H14N3/c14-12-6-8-13(9-7-12)16-15-10-11-4-2-1-3-5-11/h1-10,15-16H,14H2. The van der Waals surface area contributed by atoms with Gasteiger partial charge in [-0.15, -0.1) is 0 Å². The lowest BCUT2D eigenvalue weighted by atomic mass is 10.2. The summed E-state index contributed by atoms with van der Waals surface area (Å²) in [4.78, 5) is 0. The Bertz CT molecular complexity index is 423. The Labute approximate surface area is 95.3 Å². The van der Waals surface area contributed by atoms with Crippen LogP contribution in [0.5, 0.6) is 0 Å². The molecule has 0 unspecified atom stereocenters. The van der Waals surface area contributed by atoms with Crippen molar-refractivity contribution in [2.75, 3.05) is 11.2 Å². The third-order valence-electron chi connectivity index (χ3n) is 2.17. The van der Waals surface area contributed by atoms with E-state index < -0.39 is 0 Å². The van der Waals surface area contributed by atoms with E-state index in [0.717, 1.165) is 16.9 Å². The summed E-state index contributed by atoms with van der Waals surface area (Å²) in [5, 5.41) is 0. The van der Waals surface area contributed by atoms with Gasteiger partial charge in [-0.05, 0) is 29.8 Å². The zero-order chi connectivity index (χ0) is 11.2. The molecule has 0 atom stereocenters. The molecule has 81 valence electrons. The number of hydrogen-bond acceptors (Lipinski definition) is 3. The highest BCUT2D eigenvalue weighted by Gasteiger charge is 1.92. The van der Waals surface area contributed by atoms with Gasteiger partial charge < -0.3 is 11.2 Å². The molecule has 2 rings (SSSR count). The van der Waals surface area contributed by atoms with Gasteiger partial charge in [-0.3, -0.25) is 0 Å². The predicted molar refractivity (Wildman–Crippen MR) is 67.5 cm³/mol. The molecule has 3 heteroatoms. The van der Waals surface area contributed by atoms with Gasteiger partial charge in [-0.1, -0.05) is 30.3 Å². The van der Waals surface area contributed by atoms with Gasteiger partial charge >= 0.3 is 0 Å². The molecular formula is C13H14N3. The zero-order valence-corrected chi connectivity index (χ0v) is 8.85. The smallest absolute Gasteiger partial charge is 0.0722 e. The molecule has 0 saturated carbocycles. The summed E-state index contributed by atoms with van der Waals surface area (Å²) in [6, 6.07) is 17.6. The van der Waals surface area contributed by atoms with Gasteiger partial charge in [0.25, 0.3) is 0 Å². The van der Waals surface area contributed by atoms with Gasteiger partial charge in [-0.2, -0.15) is 0 Å². The van der Waals surface area contributed by atoms with Gasteiger partial charge in [-0.25, -0.2) is 5.43 Å². The van der Waals surface area contributed by atoms with Crippen molar-refractivity contribution >= 4 is 11.4 Å². The summed E-state index contributed by atoms with van der Waals surface area (Å²) < 4.78 is 0. The first-order chi connectivity index (χ1) is 7.84. The fourth-order valence-electron chi connectivity index (χ4n) is 1.32. The van der Waals surface area contributed by atoms with E-state index in [4.69, 9.17) is 5.73 Å². The topological polar surface area (TPSA) is 50.1 Å². The van der Waals surface area contributed by atoms with Crippen molar-refractivity contribution < 1.29 is 0 Å². The monoisotopic (exact) mass is 212 g/mol. The highest BCUT2D eigenvalue weighted by Crippen LogP contribution is 2.09. The molecule has 2 aromatic rings. The Morgan fingerprint density at radius 3 is 2.25 bits per heavy atom. The maximum Gasteiger partial charge on any atom is 0.0722 e. The molecule has 1 radical (unpaired) electrons. The molecule has 0 spiro atoms. The summed E-state index contributed by atoms with van der Waals surface area (Å²) in [6.07, 6.45) is 0. The van der Waals surface area contributed by atoms with Crippen molar-refractivity contribution in [3.63, 3.8) is 0 Å². The zero-order valence-electron chi connectivity index (χ0n) is 8.85. The first kappa shape index (κ1) is 10.5. The highest BCUT2D eigenvalue weighted by atomic mass is 15.3. The summed E-state index contributed by atoms with van der Waals surface area (Å²) in [6.45, 7) is 1.90. The van der Waals surface area contributed by atoms with Crippen LogP contribution in [-0.2, 0) is 0 Å². The molecule has 16 heavy (non-hydrogen) atoms. The molecule has 4 N–H and O–H groups in total. The van der Waals surface area contributed by atoms with Gasteiger partial charge in [0.2, 0.25) is 0 Å². The van der Waals surface area contributed by atoms with Gasteiger partial charge in [0.15, 0.2) is 0 Å². The number of hydrazine groups is 1. The van der Waals surface area contributed by atoms with Crippen LogP contribution in [0.4, 0.5) is 11.4 Å². The number of nitrogens with one attached hydrogen (secondary N) is 2. The maximum atomic E-state index is 5.59. The van der Waals surface area contributed by atoms with E-state index in [9.17, 15) is 0 Å². The SMILES string of the molecule is Nc1ccc(NN[CH]c2ccccc2)cc1. The minimum absolute atomic E-state index is 0.762. The second-order valence-electron chi connectivity index (χ2n) is 3.45. The summed E-state index contributed by atoms with van der Waals surface area (Å²) in [5.41, 5.74) is 14.5. The van der Waals surface area contributed by atoms with E-state index in [1.165, 1.54) is 0 Å². The highest BCUT2D eigenvalue weighted by molar-refractivity contribution is 5.50. The first-order valence-electron chi connectivity index (χ1n) is 5.10. The second kappa shape index (κ2) is 5.19. The molecule has 0 aliphatic rings. The van der Waals surface area contributed by atoms with Crippen LogP contribution in [0.25, 0.3) is 0 Å². The Kier molecular flexibility index (Phi) is 3.41. The lowest BCUT2D eigenvalue weighted by Gasteiger charge is -2.07. The van der Waals surface area contributed by atoms with Crippen molar-refractivity contribution in [1.29, 1.82) is 0 Å². The lowest BCUT2D eigenvalue weighted by molar-refractivity contribution is 0.976. The van der Waals surface area contributed by atoms with E-state index in [1.807, 2.05) is 61.1 Å². The normalized spacial score (nSPS) is 10.0. The minimum Gasteiger partial charge on any atom is -0.399 e. The lowest BCUT2D eigenvalue weighted by Crippen LogP contribution is -2.18. The van der Waals surface area contributed by atoms with Gasteiger partial charge in [0.05, 0.1) is 6.54 Å². The fraction of sp³-hybridized carbons (Fsp3) is 0. The Morgan fingerprint density at radius 1 is 0.875 bits per heavy atom. The molecule has 0 fully saturated rings. The van der Waals surface area contributed by atoms with Crippen molar-refractivity contribution in [2.45, 2.75) is 0 Å². The molecule has 0 aliphatic carbocycles. The molecule has 0 bridgehead atoms. The van der Waals surface area contributed by atoms with Crippen molar-refractivity contribution in [3.8, 4) is 0 Å². The summed E-state index contributed by atoms with van der Waals surface area (Å²) in [5.74, 6) is 0. The van der Waals surface area contributed by atoms with E-state index in [1.54, 1.807) is 0 Å². The Balaban J connectivity index is 1.82. The van der Waals surface area contributed by atoms with Crippen LogP contribution in [0.3, 0.4) is 0 Å². The van der Waals surface area contributed by atoms with Crippen molar-refractivity contribution in [1.82, 2.24) is 5.43 Å². The van der Waals surface area contributed by atoms with Crippen LogP contribution in [0.15, 0.2) is 54.6 Å². The number of hydrogen-bond donors (Lipinski definition) is 3. The van der Waals surface area contributed by atoms with Gasteiger partial charge in [0, 0.05) is 11.4 Å². The number of benzene rings is 2. The molecule has 0 heterocycles. The molecule has 0 aliphatic heterocycles. The van der Waals surface area contributed by atoms with E-state index >= 15 is 0 Å². The summed E-state index contributed by atoms with van der Waals surface area (Å²) in [7, 11) is 0. The average Bonchev–Trinajstić information content (AvgIpc) is 2.33. The van der Waals surface area contributed by atoms with Crippen LogP contribution in [0.2, 0.25) is 0 Å². The number of rotatable bonds is 4. The van der Waals surface area contributed by atoms with E-state index in [2.05, 4.69) is 10.9 Å². The molecule has 0 aromatic heterocycles. The largest absolute Gasteiger partial charge is 0.399 e. The predicted octanol–water partition coefficient (Wildman–Crippen LogP) is 2.40. The molecular weight excluding hydrogens is 198 g/mol. The maximum absolute atomic E-state index is 5.59. The Morgan fingerprint density at radius 2 is 1.56 bits per heavy atom. The van der Waals surface area contributed by atoms with Crippen LogP contribution >= 0.6 is 0 Å². The number of anilines is 2. The van der Waals surface area contributed by atoms with Crippen LogP contribution in [0.1, 0.15) is 5.56 Å². The quantitative estimate of drug-likeness (QED) is 0.539. The first-order valence-corrected chi connectivity index (χ1v) is 5.10. The van der Waals surface area contributed by atoms with Crippen LogP contribution in [0, 0.1) is 6.54 Å². The molecule has 0 saturated heterocycles. The molecule has 0 amide bonds. The van der Waals surface area contributed by atoms with Crippen molar-refractivity contribution in [3.05, 3.63) is 66.7 Å².